The van der Waals surface area contributed by atoms with Crippen molar-refractivity contribution < 1.29 is 9.90 Å². The van der Waals surface area contributed by atoms with Crippen molar-refractivity contribution in [3.05, 3.63) is 108 Å². The minimum absolute atomic E-state index is 0.421. The van der Waals surface area contributed by atoms with Crippen LogP contribution in [0.4, 0.5) is 0 Å². The maximum Gasteiger partial charge on any atom is 0.306 e. The number of hydrogen-bond donors (Lipinski definition) is 1. The van der Waals surface area contributed by atoms with Gasteiger partial charge in [-0.2, -0.15) is 0 Å². The molecule has 0 heterocycles. The zero-order chi connectivity index (χ0) is 18.4. The molecule has 0 aromatic heterocycles. The molecule has 2 heteroatoms. The number of aliphatic carboxylic acids is 1. The Morgan fingerprint density at radius 1 is 0.769 bits per heavy atom. The van der Waals surface area contributed by atoms with E-state index in [0.29, 0.717) is 12.8 Å². The lowest BCUT2D eigenvalue weighted by atomic mass is 9.64. The van der Waals surface area contributed by atoms with Gasteiger partial charge < -0.3 is 5.11 Å². The summed E-state index contributed by atoms with van der Waals surface area (Å²) in [6, 6.07) is 30.8. The summed E-state index contributed by atoms with van der Waals surface area (Å²) in [6.07, 6.45) is 1.13. The van der Waals surface area contributed by atoms with Gasteiger partial charge in [0.05, 0.1) is 5.92 Å². The second kappa shape index (κ2) is 8.01. The topological polar surface area (TPSA) is 37.3 Å². The van der Waals surface area contributed by atoms with Crippen LogP contribution in [0.5, 0.6) is 0 Å². The standard InChI is InChI=1S/C24H24O2/c1-2-19(23(25)26)18-24(20-12-6-3-7-13-20,21-14-8-4-9-15-21)22-16-10-5-11-17-22/h3-17,19H,2,18H2,1H3,(H,25,26). The summed E-state index contributed by atoms with van der Waals surface area (Å²) in [4.78, 5) is 11.9. The van der Waals surface area contributed by atoms with Gasteiger partial charge in [-0.3, -0.25) is 4.79 Å². The van der Waals surface area contributed by atoms with Crippen LogP contribution in [-0.2, 0) is 10.2 Å². The Labute approximate surface area is 155 Å². The molecule has 0 aliphatic heterocycles. The molecule has 26 heavy (non-hydrogen) atoms. The molecule has 132 valence electrons. The van der Waals surface area contributed by atoms with Gasteiger partial charge in [-0.25, -0.2) is 0 Å². The molecule has 0 aliphatic rings. The number of carboxylic acids is 1. The van der Waals surface area contributed by atoms with Crippen LogP contribution < -0.4 is 0 Å². The van der Waals surface area contributed by atoms with Gasteiger partial charge in [0.15, 0.2) is 0 Å². The lowest BCUT2D eigenvalue weighted by molar-refractivity contribution is -0.142. The summed E-state index contributed by atoms with van der Waals surface area (Å²) in [7, 11) is 0. The largest absolute Gasteiger partial charge is 0.481 e. The Bertz CT molecular complexity index is 729. The van der Waals surface area contributed by atoms with E-state index in [4.69, 9.17) is 0 Å². The molecule has 3 aromatic carbocycles. The first-order chi connectivity index (χ1) is 12.7. The van der Waals surface area contributed by atoms with Crippen molar-refractivity contribution in [3.8, 4) is 0 Å². The van der Waals surface area contributed by atoms with E-state index in [-0.39, 0.29) is 0 Å². The third-order valence-electron chi connectivity index (χ3n) is 5.19. The van der Waals surface area contributed by atoms with Gasteiger partial charge in [0.25, 0.3) is 0 Å². The van der Waals surface area contributed by atoms with Crippen LogP contribution in [0.15, 0.2) is 91.0 Å². The Morgan fingerprint density at radius 2 is 1.12 bits per heavy atom. The van der Waals surface area contributed by atoms with Crippen LogP contribution in [-0.4, -0.2) is 11.1 Å². The van der Waals surface area contributed by atoms with Crippen molar-refractivity contribution in [1.82, 2.24) is 0 Å². The molecule has 3 rings (SSSR count). The van der Waals surface area contributed by atoms with E-state index in [2.05, 4.69) is 36.4 Å². The first kappa shape index (κ1) is 17.9. The monoisotopic (exact) mass is 344 g/mol. The minimum Gasteiger partial charge on any atom is -0.481 e. The molecular weight excluding hydrogens is 320 g/mol. The number of hydrogen-bond acceptors (Lipinski definition) is 1. The fourth-order valence-corrected chi connectivity index (χ4v) is 3.80. The summed E-state index contributed by atoms with van der Waals surface area (Å²) in [5, 5.41) is 9.78. The first-order valence-corrected chi connectivity index (χ1v) is 9.08. The van der Waals surface area contributed by atoms with E-state index in [1.54, 1.807) is 0 Å². The van der Waals surface area contributed by atoms with Crippen molar-refractivity contribution >= 4 is 5.97 Å². The Hall–Kier alpha value is -2.87. The van der Waals surface area contributed by atoms with Gasteiger partial charge in [0.2, 0.25) is 0 Å². The van der Waals surface area contributed by atoms with Crippen molar-refractivity contribution in [2.75, 3.05) is 0 Å². The van der Waals surface area contributed by atoms with Crippen molar-refractivity contribution in [3.63, 3.8) is 0 Å². The van der Waals surface area contributed by atoms with Gasteiger partial charge in [-0.15, -0.1) is 0 Å². The van der Waals surface area contributed by atoms with Crippen LogP contribution in [0, 0.1) is 5.92 Å². The fraction of sp³-hybridized carbons (Fsp3) is 0.208. The first-order valence-electron chi connectivity index (χ1n) is 9.08. The molecular formula is C24H24O2. The van der Waals surface area contributed by atoms with Gasteiger partial charge in [-0.05, 0) is 29.5 Å². The zero-order valence-electron chi connectivity index (χ0n) is 15.0. The third-order valence-corrected chi connectivity index (χ3v) is 5.19. The van der Waals surface area contributed by atoms with E-state index >= 15 is 0 Å². The minimum atomic E-state index is -0.736. The number of carbonyl (C=O) groups is 1. The highest BCUT2D eigenvalue weighted by molar-refractivity contribution is 5.71. The fourth-order valence-electron chi connectivity index (χ4n) is 3.80. The lowest BCUT2D eigenvalue weighted by Gasteiger charge is -2.38. The number of rotatable bonds is 7. The predicted octanol–water partition coefficient (Wildman–Crippen LogP) is 5.52. The average Bonchev–Trinajstić information content (AvgIpc) is 2.71. The second-order valence-electron chi connectivity index (χ2n) is 6.65. The van der Waals surface area contributed by atoms with Gasteiger partial charge in [0, 0.05) is 5.41 Å². The van der Waals surface area contributed by atoms with E-state index in [0.717, 1.165) is 16.7 Å². The molecule has 0 saturated carbocycles. The van der Waals surface area contributed by atoms with E-state index in [1.165, 1.54) is 0 Å². The quantitative estimate of drug-likeness (QED) is 0.573. The molecule has 0 spiro atoms. The molecule has 1 unspecified atom stereocenters. The third kappa shape index (κ3) is 3.41. The smallest absolute Gasteiger partial charge is 0.306 e. The molecule has 1 atom stereocenters. The summed E-state index contributed by atoms with van der Waals surface area (Å²) >= 11 is 0. The summed E-state index contributed by atoms with van der Waals surface area (Å²) in [5.74, 6) is -1.16. The average molecular weight is 344 g/mol. The van der Waals surface area contributed by atoms with Crippen LogP contribution in [0.3, 0.4) is 0 Å². The summed E-state index contributed by atoms with van der Waals surface area (Å²) in [6.45, 7) is 1.95. The molecule has 0 radical (unpaired) electrons. The van der Waals surface area contributed by atoms with Crippen molar-refractivity contribution in [2.45, 2.75) is 25.2 Å². The lowest BCUT2D eigenvalue weighted by Crippen LogP contribution is -2.34. The van der Waals surface area contributed by atoms with Gasteiger partial charge in [0.1, 0.15) is 0 Å². The van der Waals surface area contributed by atoms with Gasteiger partial charge >= 0.3 is 5.97 Å². The van der Waals surface area contributed by atoms with E-state index in [1.807, 2.05) is 61.5 Å². The van der Waals surface area contributed by atoms with Crippen LogP contribution >= 0.6 is 0 Å². The molecule has 0 bridgehead atoms. The molecule has 0 fully saturated rings. The maximum atomic E-state index is 11.9. The van der Waals surface area contributed by atoms with Crippen LogP contribution in [0.1, 0.15) is 36.5 Å². The van der Waals surface area contributed by atoms with Crippen molar-refractivity contribution in [2.24, 2.45) is 5.92 Å². The Balaban J connectivity index is 2.29. The molecule has 1 N–H and O–H groups in total. The van der Waals surface area contributed by atoms with Crippen LogP contribution in [0.2, 0.25) is 0 Å². The van der Waals surface area contributed by atoms with Gasteiger partial charge in [-0.1, -0.05) is 97.9 Å². The number of benzene rings is 3. The maximum absolute atomic E-state index is 11.9. The summed E-state index contributed by atoms with van der Waals surface area (Å²) < 4.78 is 0. The Morgan fingerprint density at radius 3 is 1.38 bits per heavy atom. The normalized spacial score (nSPS) is 12.5. The highest BCUT2D eigenvalue weighted by Crippen LogP contribution is 2.44. The molecule has 2 nitrogen and oxygen atoms in total. The molecule has 0 aliphatic carbocycles. The summed E-state index contributed by atoms with van der Waals surface area (Å²) in [5.41, 5.74) is 2.87. The Kier molecular flexibility index (Phi) is 5.52. The number of carboxylic acid groups (broad SMARTS) is 1. The second-order valence-corrected chi connectivity index (χ2v) is 6.65. The van der Waals surface area contributed by atoms with Crippen molar-refractivity contribution in [1.29, 1.82) is 0 Å². The SMILES string of the molecule is CCC(CC(c1ccccc1)(c1ccccc1)c1ccccc1)C(=O)O. The van der Waals surface area contributed by atoms with E-state index in [9.17, 15) is 9.90 Å². The highest BCUT2D eigenvalue weighted by atomic mass is 16.4. The predicted molar refractivity (Wildman–Crippen MR) is 105 cm³/mol. The zero-order valence-corrected chi connectivity index (χ0v) is 15.0. The molecule has 0 saturated heterocycles. The highest BCUT2D eigenvalue weighted by Gasteiger charge is 2.39. The molecule has 3 aromatic rings. The molecule has 0 amide bonds. The van der Waals surface area contributed by atoms with E-state index < -0.39 is 17.3 Å². The van der Waals surface area contributed by atoms with Crippen LogP contribution in [0.25, 0.3) is 0 Å².